The fourth-order valence-corrected chi connectivity index (χ4v) is 5.58. The molecule has 0 spiro atoms. The molecule has 1 unspecified atom stereocenters. The van der Waals surface area contributed by atoms with E-state index in [1.165, 1.54) is 17.5 Å². The fourth-order valence-electron chi connectivity index (χ4n) is 4.44. The van der Waals surface area contributed by atoms with Crippen molar-refractivity contribution in [2.24, 2.45) is 0 Å². The maximum Gasteiger partial charge on any atom is 0.231 e. The molecule has 1 atom stereocenters. The summed E-state index contributed by atoms with van der Waals surface area (Å²) >= 11 is 7.83. The topological polar surface area (TPSA) is 120 Å². The Morgan fingerprint density at radius 1 is 1.15 bits per heavy atom. The highest BCUT2D eigenvalue weighted by atomic mass is 35.5. The van der Waals surface area contributed by atoms with Gasteiger partial charge in [-0.1, -0.05) is 22.9 Å². The van der Waals surface area contributed by atoms with Crippen LogP contribution in [0.5, 0.6) is 23.0 Å². The van der Waals surface area contributed by atoms with E-state index in [2.05, 4.69) is 26.7 Å². The Hall–Kier alpha value is -3.98. The van der Waals surface area contributed by atoms with Crippen LogP contribution in [0, 0.1) is 11.3 Å². The quantitative estimate of drug-likeness (QED) is 0.248. The number of pyridine rings is 1. The number of anilines is 4. The number of ether oxygens (including phenoxy) is 5. The van der Waals surface area contributed by atoms with Gasteiger partial charge in [0.05, 0.1) is 29.5 Å². The van der Waals surface area contributed by atoms with Crippen molar-refractivity contribution in [2.45, 2.75) is 25.4 Å². The monoisotopic (exact) mass is 565 g/mol. The van der Waals surface area contributed by atoms with Gasteiger partial charge in [-0.25, -0.2) is 4.98 Å². The molecule has 2 aromatic heterocycles. The first-order chi connectivity index (χ1) is 19.1. The Kier molecular flexibility index (Phi) is 7.15. The molecule has 4 aromatic rings. The first-order valence-corrected chi connectivity index (χ1v) is 13.6. The fraction of sp³-hybridized carbons (Fsp3) is 0.296. The van der Waals surface area contributed by atoms with E-state index in [1.807, 2.05) is 18.2 Å². The van der Waals surface area contributed by atoms with Crippen LogP contribution in [-0.2, 0) is 4.74 Å². The van der Waals surface area contributed by atoms with E-state index in [0.717, 1.165) is 31.6 Å². The standard InChI is InChI=1S/C27H24ClN5O5S/c1-34-21-10-16(5-7-19(21)36-13-17-4-2-3-9-35-17)31-27-33-26-25(39-27)22(15(11-29)12-30-26)32-23-18(28)6-8-20-24(23)38-14-37-20/h5-8,10,12,17H,2-4,9,13-14H2,1H3,(H2,30,31,32,33). The van der Waals surface area contributed by atoms with Crippen molar-refractivity contribution in [3.8, 4) is 29.1 Å². The van der Waals surface area contributed by atoms with Gasteiger partial charge in [-0.2, -0.15) is 10.2 Å². The number of nitrogens with one attached hydrogen (secondary N) is 2. The Morgan fingerprint density at radius 3 is 2.90 bits per heavy atom. The van der Waals surface area contributed by atoms with Crippen molar-refractivity contribution in [1.82, 2.24) is 9.97 Å². The number of methoxy groups -OCH3 is 1. The molecule has 200 valence electrons. The highest BCUT2D eigenvalue weighted by Gasteiger charge is 2.23. The van der Waals surface area contributed by atoms with Gasteiger partial charge in [0.15, 0.2) is 33.8 Å². The highest BCUT2D eigenvalue weighted by Crippen LogP contribution is 2.46. The molecule has 4 heterocycles. The summed E-state index contributed by atoms with van der Waals surface area (Å²) in [4.78, 5) is 9.00. The lowest BCUT2D eigenvalue weighted by atomic mass is 10.1. The Labute approximate surface area is 233 Å². The second-order valence-corrected chi connectivity index (χ2v) is 10.3. The first kappa shape index (κ1) is 25.3. The molecule has 2 N–H and O–H groups in total. The molecule has 2 aliphatic rings. The molecule has 0 aliphatic carbocycles. The average molecular weight is 566 g/mol. The third-order valence-electron chi connectivity index (χ3n) is 6.39. The molecule has 2 aromatic carbocycles. The van der Waals surface area contributed by atoms with E-state index in [4.69, 9.17) is 35.3 Å². The van der Waals surface area contributed by atoms with Crippen molar-refractivity contribution >= 4 is 55.5 Å². The van der Waals surface area contributed by atoms with Crippen LogP contribution in [0.4, 0.5) is 22.2 Å². The number of thiazole rings is 1. The summed E-state index contributed by atoms with van der Waals surface area (Å²) in [6.07, 6.45) is 4.83. The number of hydrogen-bond acceptors (Lipinski definition) is 11. The van der Waals surface area contributed by atoms with Crippen LogP contribution in [0.15, 0.2) is 36.5 Å². The van der Waals surface area contributed by atoms with Crippen molar-refractivity contribution < 1.29 is 23.7 Å². The summed E-state index contributed by atoms with van der Waals surface area (Å²) in [5.41, 5.74) is 2.62. The van der Waals surface area contributed by atoms with Crippen LogP contribution < -0.4 is 29.6 Å². The Morgan fingerprint density at radius 2 is 2.08 bits per heavy atom. The predicted octanol–water partition coefficient (Wildman–Crippen LogP) is 6.39. The number of halogens is 1. The Balaban J connectivity index is 1.26. The SMILES string of the molecule is COc1cc(Nc2nc3ncc(C#N)c(Nc4c(Cl)ccc5c4OCO5)c3s2)ccc1OCC1CCCCO1. The minimum Gasteiger partial charge on any atom is -0.493 e. The molecule has 12 heteroatoms. The number of rotatable bonds is 8. The van der Waals surface area contributed by atoms with Gasteiger partial charge in [0.25, 0.3) is 0 Å². The Bertz CT molecular complexity index is 1570. The zero-order valence-corrected chi connectivity index (χ0v) is 22.5. The second-order valence-electron chi connectivity index (χ2n) is 8.90. The van der Waals surface area contributed by atoms with Gasteiger partial charge in [0, 0.05) is 24.6 Å². The van der Waals surface area contributed by atoms with E-state index in [9.17, 15) is 5.26 Å². The molecule has 1 fully saturated rings. The van der Waals surface area contributed by atoms with E-state index in [1.54, 1.807) is 19.2 Å². The number of aromatic nitrogens is 2. The molecule has 39 heavy (non-hydrogen) atoms. The zero-order chi connectivity index (χ0) is 26.8. The lowest BCUT2D eigenvalue weighted by Crippen LogP contribution is -2.25. The molecular formula is C27H24ClN5O5S. The molecule has 2 aliphatic heterocycles. The van der Waals surface area contributed by atoms with Gasteiger partial charge in [-0.15, -0.1) is 0 Å². The summed E-state index contributed by atoms with van der Waals surface area (Å²) in [7, 11) is 1.60. The molecule has 0 bridgehead atoms. The first-order valence-electron chi connectivity index (χ1n) is 12.4. The molecule has 10 nitrogen and oxygen atoms in total. The van der Waals surface area contributed by atoms with E-state index in [0.29, 0.717) is 67.0 Å². The van der Waals surface area contributed by atoms with Gasteiger partial charge in [0.1, 0.15) is 23.1 Å². The normalized spacial score (nSPS) is 16.1. The summed E-state index contributed by atoms with van der Waals surface area (Å²) in [5, 5.41) is 17.4. The summed E-state index contributed by atoms with van der Waals surface area (Å²) in [5.74, 6) is 2.31. The molecule has 0 radical (unpaired) electrons. The minimum atomic E-state index is 0.0947. The molecule has 0 amide bonds. The van der Waals surface area contributed by atoms with Crippen molar-refractivity contribution in [1.29, 1.82) is 5.26 Å². The van der Waals surface area contributed by atoms with Crippen LogP contribution in [0.25, 0.3) is 10.3 Å². The van der Waals surface area contributed by atoms with Crippen LogP contribution in [0.1, 0.15) is 24.8 Å². The largest absolute Gasteiger partial charge is 0.493 e. The maximum atomic E-state index is 9.79. The zero-order valence-electron chi connectivity index (χ0n) is 21.0. The van der Waals surface area contributed by atoms with Gasteiger partial charge in [0.2, 0.25) is 6.79 Å². The van der Waals surface area contributed by atoms with Crippen molar-refractivity contribution in [2.75, 3.05) is 37.8 Å². The molecule has 6 rings (SSSR count). The smallest absolute Gasteiger partial charge is 0.231 e. The molecule has 1 saturated heterocycles. The van der Waals surface area contributed by atoms with Crippen LogP contribution in [0.2, 0.25) is 5.02 Å². The van der Waals surface area contributed by atoms with Gasteiger partial charge >= 0.3 is 0 Å². The summed E-state index contributed by atoms with van der Waals surface area (Å²) in [6.45, 7) is 1.36. The van der Waals surface area contributed by atoms with Crippen LogP contribution in [0.3, 0.4) is 0 Å². The number of hydrogen-bond donors (Lipinski definition) is 2. The second kappa shape index (κ2) is 11.0. The summed E-state index contributed by atoms with van der Waals surface area (Å²) in [6, 6.07) is 11.2. The third kappa shape index (κ3) is 5.18. The maximum absolute atomic E-state index is 9.79. The average Bonchev–Trinajstić information content (AvgIpc) is 3.61. The lowest BCUT2D eigenvalue weighted by Gasteiger charge is -2.23. The van der Waals surface area contributed by atoms with E-state index < -0.39 is 0 Å². The lowest BCUT2D eigenvalue weighted by molar-refractivity contribution is -0.0114. The van der Waals surface area contributed by atoms with E-state index >= 15 is 0 Å². The summed E-state index contributed by atoms with van der Waals surface area (Å²) < 4.78 is 29.1. The van der Waals surface area contributed by atoms with Crippen LogP contribution >= 0.6 is 22.9 Å². The van der Waals surface area contributed by atoms with Gasteiger partial charge < -0.3 is 34.3 Å². The van der Waals surface area contributed by atoms with Crippen molar-refractivity contribution in [3.63, 3.8) is 0 Å². The van der Waals surface area contributed by atoms with Gasteiger partial charge in [-0.05, 0) is 43.5 Å². The number of benzene rings is 2. The number of nitrogens with zero attached hydrogens (tertiary/aromatic N) is 3. The number of fused-ring (bicyclic) bond motifs is 2. The third-order valence-corrected chi connectivity index (χ3v) is 7.69. The predicted molar refractivity (Wildman–Crippen MR) is 148 cm³/mol. The van der Waals surface area contributed by atoms with Crippen molar-refractivity contribution in [3.05, 3.63) is 47.1 Å². The highest BCUT2D eigenvalue weighted by molar-refractivity contribution is 7.22. The molecular weight excluding hydrogens is 542 g/mol. The molecule has 0 saturated carbocycles. The van der Waals surface area contributed by atoms with E-state index in [-0.39, 0.29) is 12.9 Å². The minimum absolute atomic E-state index is 0.0947. The van der Waals surface area contributed by atoms with Crippen LogP contribution in [-0.4, -0.2) is 43.2 Å². The van der Waals surface area contributed by atoms with Gasteiger partial charge in [-0.3, -0.25) is 0 Å². The number of nitriles is 1.